The summed E-state index contributed by atoms with van der Waals surface area (Å²) in [6.07, 6.45) is 4.67. The zero-order chi connectivity index (χ0) is 20.9. The first-order chi connectivity index (χ1) is 14.6. The fourth-order valence-electron chi connectivity index (χ4n) is 5.10. The lowest BCUT2D eigenvalue weighted by Gasteiger charge is -2.38. The fraction of sp³-hybridized carbons (Fsp3) is 0.520. The lowest BCUT2D eigenvalue weighted by Crippen LogP contribution is -2.46. The minimum Gasteiger partial charge on any atom is -0.383 e. The first kappa shape index (κ1) is 21.4. The summed E-state index contributed by atoms with van der Waals surface area (Å²) < 4.78 is 33.1. The molecule has 0 aromatic heterocycles. The van der Waals surface area contributed by atoms with Crippen molar-refractivity contribution in [3.05, 3.63) is 70.8 Å². The van der Waals surface area contributed by atoms with Gasteiger partial charge in [-0.05, 0) is 67.5 Å². The predicted molar refractivity (Wildman–Crippen MR) is 115 cm³/mol. The Balaban J connectivity index is 1.38. The van der Waals surface area contributed by atoms with Gasteiger partial charge in [0.2, 0.25) is 0 Å². The third-order valence-corrected chi connectivity index (χ3v) is 6.63. The van der Waals surface area contributed by atoms with Crippen LogP contribution in [0.15, 0.2) is 42.5 Å². The Hall–Kier alpha value is -1.82. The maximum atomic E-state index is 14.2. The van der Waals surface area contributed by atoms with E-state index in [1.807, 2.05) is 0 Å². The minimum atomic E-state index is -0.386. The van der Waals surface area contributed by atoms with Gasteiger partial charge in [0.1, 0.15) is 11.6 Å². The van der Waals surface area contributed by atoms with Crippen molar-refractivity contribution in [2.75, 3.05) is 39.9 Å². The van der Waals surface area contributed by atoms with Crippen molar-refractivity contribution in [3.63, 3.8) is 0 Å². The lowest BCUT2D eigenvalue weighted by molar-refractivity contribution is 0.0839. The van der Waals surface area contributed by atoms with Crippen LogP contribution in [0.25, 0.3) is 0 Å². The van der Waals surface area contributed by atoms with Crippen LogP contribution in [-0.4, -0.2) is 55.7 Å². The number of likely N-dealkylation sites (tertiary alicyclic amines) is 1. The van der Waals surface area contributed by atoms with Crippen LogP contribution >= 0.6 is 0 Å². The molecule has 2 aromatic carbocycles. The first-order valence-electron chi connectivity index (χ1n) is 11.1. The molecule has 0 N–H and O–H groups in total. The molecule has 4 rings (SSSR count). The molecule has 1 heterocycles. The van der Waals surface area contributed by atoms with Gasteiger partial charge in [-0.15, -0.1) is 0 Å². The summed E-state index contributed by atoms with van der Waals surface area (Å²) >= 11 is 0. The van der Waals surface area contributed by atoms with Crippen LogP contribution in [0.1, 0.15) is 29.5 Å². The van der Waals surface area contributed by atoms with E-state index in [1.54, 1.807) is 7.11 Å². The molecule has 1 saturated heterocycles. The Morgan fingerprint density at radius 1 is 1.10 bits per heavy atom. The summed E-state index contributed by atoms with van der Waals surface area (Å²) in [7, 11) is 1.68. The third kappa shape index (κ3) is 5.26. The second kappa shape index (κ2) is 9.99. The van der Waals surface area contributed by atoms with Gasteiger partial charge in [0.25, 0.3) is 0 Å². The average molecular weight is 415 g/mol. The van der Waals surface area contributed by atoms with Crippen LogP contribution < -0.4 is 0 Å². The highest BCUT2D eigenvalue weighted by Gasteiger charge is 2.31. The van der Waals surface area contributed by atoms with E-state index in [-0.39, 0.29) is 11.6 Å². The van der Waals surface area contributed by atoms with E-state index in [4.69, 9.17) is 4.74 Å². The van der Waals surface area contributed by atoms with Gasteiger partial charge in [0, 0.05) is 44.9 Å². The largest absolute Gasteiger partial charge is 0.383 e. The Labute approximate surface area is 178 Å². The zero-order valence-electron chi connectivity index (χ0n) is 17.8. The third-order valence-electron chi connectivity index (χ3n) is 6.63. The highest BCUT2D eigenvalue weighted by Crippen LogP contribution is 2.29. The van der Waals surface area contributed by atoms with Gasteiger partial charge in [-0.3, -0.25) is 9.80 Å². The van der Waals surface area contributed by atoms with Gasteiger partial charge < -0.3 is 4.74 Å². The number of methoxy groups -OCH3 is 1. The summed E-state index contributed by atoms with van der Waals surface area (Å²) in [5.41, 5.74) is 3.41. The summed E-state index contributed by atoms with van der Waals surface area (Å²) in [6, 6.07) is 13.1. The van der Waals surface area contributed by atoms with Crippen LogP contribution in [0, 0.1) is 17.6 Å². The van der Waals surface area contributed by atoms with E-state index in [1.165, 1.54) is 42.2 Å². The Morgan fingerprint density at radius 2 is 1.87 bits per heavy atom. The van der Waals surface area contributed by atoms with E-state index >= 15 is 0 Å². The second-order valence-corrected chi connectivity index (χ2v) is 8.80. The topological polar surface area (TPSA) is 15.7 Å². The second-order valence-electron chi connectivity index (χ2n) is 8.80. The number of nitrogens with zero attached hydrogens (tertiary/aromatic N) is 2. The average Bonchev–Trinajstić information content (AvgIpc) is 3.19. The molecule has 0 saturated carbocycles. The van der Waals surface area contributed by atoms with Gasteiger partial charge in [-0.25, -0.2) is 8.78 Å². The molecule has 1 aliphatic carbocycles. The molecule has 30 heavy (non-hydrogen) atoms. The maximum absolute atomic E-state index is 14.2. The van der Waals surface area contributed by atoms with Gasteiger partial charge in [0.05, 0.1) is 6.61 Å². The molecule has 0 unspecified atom stereocenters. The van der Waals surface area contributed by atoms with Crippen LogP contribution in [0.5, 0.6) is 0 Å². The number of ether oxygens (including phenoxy) is 1. The molecule has 162 valence electrons. The normalized spacial score (nSPS) is 20.1. The molecule has 0 spiro atoms. The van der Waals surface area contributed by atoms with Gasteiger partial charge in [0.15, 0.2) is 0 Å². The standard InChI is InChI=1S/C25H32F2N2O/c1-30-12-11-28(18-22-13-23(26)8-9-25(22)27)16-19-5-4-10-29(17-19)24-14-20-6-2-3-7-21(20)15-24/h2-3,6-9,13,19,24H,4-5,10-12,14-18H2,1H3/t19-/m1/s1. The Bertz CT molecular complexity index is 819. The number of hydrogen-bond acceptors (Lipinski definition) is 3. The molecule has 1 atom stereocenters. The fourth-order valence-corrected chi connectivity index (χ4v) is 5.10. The van der Waals surface area contributed by atoms with E-state index in [9.17, 15) is 8.78 Å². The quantitative estimate of drug-likeness (QED) is 0.641. The predicted octanol–water partition coefficient (Wildman–Crippen LogP) is 4.29. The lowest BCUT2D eigenvalue weighted by atomic mass is 9.95. The highest BCUT2D eigenvalue weighted by molar-refractivity contribution is 5.33. The zero-order valence-corrected chi connectivity index (χ0v) is 17.8. The molecule has 1 aliphatic heterocycles. The highest BCUT2D eigenvalue weighted by atomic mass is 19.1. The molecule has 2 aliphatic rings. The molecular formula is C25H32F2N2O. The van der Waals surface area contributed by atoms with Crippen molar-refractivity contribution in [1.82, 2.24) is 9.80 Å². The Morgan fingerprint density at radius 3 is 2.60 bits per heavy atom. The molecule has 2 aromatic rings. The SMILES string of the molecule is COCCN(Cc1cc(F)ccc1F)C[C@H]1CCCN(C2Cc3ccccc3C2)C1. The minimum absolute atomic E-state index is 0.340. The van der Waals surface area contributed by atoms with Crippen molar-refractivity contribution in [1.29, 1.82) is 0 Å². The van der Waals surface area contributed by atoms with Crippen molar-refractivity contribution >= 4 is 0 Å². The van der Waals surface area contributed by atoms with Gasteiger partial charge in [-0.2, -0.15) is 0 Å². The smallest absolute Gasteiger partial charge is 0.127 e. The number of benzene rings is 2. The monoisotopic (exact) mass is 414 g/mol. The van der Waals surface area contributed by atoms with E-state index in [2.05, 4.69) is 34.1 Å². The molecule has 0 radical (unpaired) electrons. The van der Waals surface area contributed by atoms with Gasteiger partial charge in [-0.1, -0.05) is 24.3 Å². The number of piperidine rings is 1. The number of hydrogen-bond donors (Lipinski definition) is 0. The van der Waals surface area contributed by atoms with Crippen molar-refractivity contribution in [3.8, 4) is 0 Å². The maximum Gasteiger partial charge on any atom is 0.127 e. The number of rotatable bonds is 8. The summed E-state index contributed by atoms with van der Waals surface area (Å²) in [4.78, 5) is 4.88. The number of halogens is 2. The van der Waals surface area contributed by atoms with Crippen molar-refractivity contribution in [2.24, 2.45) is 5.92 Å². The molecule has 0 amide bonds. The van der Waals surface area contributed by atoms with Crippen LogP contribution in [0.3, 0.4) is 0 Å². The van der Waals surface area contributed by atoms with Crippen LogP contribution in [0.2, 0.25) is 0 Å². The van der Waals surface area contributed by atoms with Crippen molar-refractivity contribution < 1.29 is 13.5 Å². The van der Waals surface area contributed by atoms with Crippen LogP contribution in [0.4, 0.5) is 8.78 Å². The molecule has 5 heteroatoms. The Kier molecular flexibility index (Phi) is 7.13. The van der Waals surface area contributed by atoms with E-state index in [0.29, 0.717) is 30.7 Å². The summed E-state index contributed by atoms with van der Waals surface area (Å²) in [6.45, 7) is 4.84. The summed E-state index contributed by atoms with van der Waals surface area (Å²) in [5, 5.41) is 0. The molecule has 0 bridgehead atoms. The summed E-state index contributed by atoms with van der Waals surface area (Å²) in [5.74, 6) is -0.188. The van der Waals surface area contributed by atoms with Crippen molar-refractivity contribution in [2.45, 2.75) is 38.3 Å². The van der Waals surface area contributed by atoms with Crippen LogP contribution in [-0.2, 0) is 24.1 Å². The first-order valence-corrected chi connectivity index (χ1v) is 11.1. The molecule has 1 fully saturated rings. The van der Waals surface area contributed by atoms with E-state index < -0.39 is 0 Å². The van der Waals surface area contributed by atoms with Gasteiger partial charge >= 0.3 is 0 Å². The molecular weight excluding hydrogens is 382 g/mol. The van der Waals surface area contributed by atoms with E-state index in [0.717, 1.165) is 39.0 Å². The number of fused-ring (bicyclic) bond motifs is 1. The molecule has 3 nitrogen and oxygen atoms in total.